The van der Waals surface area contributed by atoms with Crippen LogP contribution >= 0.6 is 0 Å². The van der Waals surface area contributed by atoms with Crippen LogP contribution in [0.2, 0.25) is 0 Å². The quantitative estimate of drug-likeness (QED) is 0.472. The Morgan fingerprint density at radius 2 is 1.69 bits per heavy atom. The van der Waals surface area contributed by atoms with E-state index >= 15 is 0 Å². The zero-order valence-electron chi connectivity index (χ0n) is 17.4. The van der Waals surface area contributed by atoms with Crippen molar-refractivity contribution in [2.75, 3.05) is 6.54 Å². The van der Waals surface area contributed by atoms with Crippen molar-refractivity contribution in [2.45, 2.75) is 25.3 Å². The predicted octanol–water partition coefficient (Wildman–Crippen LogP) is 2.04. The smallest absolute Gasteiger partial charge is 0.269 e. The highest BCUT2D eigenvalue weighted by Gasteiger charge is 2.40. The van der Waals surface area contributed by atoms with E-state index in [1.54, 1.807) is 16.8 Å². The molecule has 0 bridgehead atoms. The van der Waals surface area contributed by atoms with Crippen LogP contribution in [-0.2, 0) is 16.6 Å². The molecule has 0 saturated carbocycles. The molecular formula is C22H19N5O4S. The summed E-state index contributed by atoms with van der Waals surface area (Å²) in [6.45, 7) is 3.77. The molecule has 1 aliphatic heterocycles. The van der Waals surface area contributed by atoms with Gasteiger partial charge in [0, 0.05) is 6.54 Å². The molecule has 4 aromatic rings. The number of hydrogen-bond acceptors (Lipinski definition) is 6. The molecular weight excluding hydrogens is 430 g/mol. The molecule has 5 rings (SSSR count). The third-order valence-corrected chi connectivity index (χ3v) is 7.30. The van der Waals surface area contributed by atoms with Gasteiger partial charge in [-0.1, -0.05) is 18.2 Å². The molecule has 9 nitrogen and oxygen atoms in total. The summed E-state index contributed by atoms with van der Waals surface area (Å²) >= 11 is 0. The Hall–Kier alpha value is -3.79. The van der Waals surface area contributed by atoms with Gasteiger partial charge in [0.1, 0.15) is 16.6 Å². The van der Waals surface area contributed by atoms with Crippen molar-refractivity contribution < 1.29 is 13.2 Å². The molecule has 162 valence electrons. The number of benzene rings is 2. The molecule has 0 aliphatic carbocycles. The topological polar surface area (TPSA) is 107 Å². The minimum Gasteiger partial charge on any atom is -0.297 e. The Bertz CT molecular complexity index is 1550. The van der Waals surface area contributed by atoms with Crippen LogP contribution in [-0.4, -0.2) is 44.5 Å². The van der Waals surface area contributed by atoms with E-state index in [1.807, 2.05) is 32.0 Å². The first-order chi connectivity index (χ1) is 15.3. The standard InChI is InChI=1S/C22H19N5O4S/c1-14-9-15(2)11-16(10-14)27-20-18(12-24-27)21(28)25(13-23-20)7-8-26-22(29)17-5-3-4-6-19(17)32(26,30)31/h3-6,9-13H,7-8H2,1-2H3. The average molecular weight is 449 g/mol. The van der Waals surface area contributed by atoms with Crippen LogP contribution in [0.25, 0.3) is 16.7 Å². The first kappa shape index (κ1) is 20.1. The number of amides is 1. The maximum atomic E-state index is 13.0. The van der Waals surface area contributed by atoms with E-state index in [2.05, 4.69) is 10.1 Å². The van der Waals surface area contributed by atoms with Crippen molar-refractivity contribution in [1.82, 2.24) is 23.6 Å². The lowest BCUT2D eigenvalue weighted by Crippen LogP contribution is -2.35. The maximum Gasteiger partial charge on any atom is 0.269 e. The molecule has 0 unspecified atom stereocenters. The summed E-state index contributed by atoms with van der Waals surface area (Å²) in [6, 6.07) is 12.0. The number of carbonyl (C=O) groups excluding carboxylic acids is 1. The summed E-state index contributed by atoms with van der Waals surface area (Å²) < 4.78 is 29.1. The summed E-state index contributed by atoms with van der Waals surface area (Å²) in [5, 5.41) is 4.64. The van der Waals surface area contributed by atoms with Crippen LogP contribution in [0, 0.1) is 13.8 Å². The monoisotopic (exact) mass is 449 g/mol. The van der Waals surface area contributed by atoms with E-state index in [-0.39, 0.29) is 29.1 Å². The first-order valence-electron chi connectivity index (χ1n) is 9.95. The zero-order valence-corrected chi connectivity index (χ0v) is 18.2. The molecule has 3 heterocycles. The fourth-order valence-corrected chi connectivity index (χ4v) is 5.58. The van der Waals surface area contributed by atoms with Gasteiger partial charge in [0.2, 0.25) is 0 Å². The Morgan fingerprint density at radius 1 is 0.969 bits per heavy atom. The normalized spacial score (nSPS) is 14.8. The number of fused-ring (bicyclic) bond motifs is 2. The molecule has 10 heteroatoms. The highest BCUT2D eigenvalue weighted by molar-refractivity contribution is 7.90. The Balaban J connectivity index is 1.46. The van der Waals surface area contributed by atoms with Gasteiger partial charge in [-0.15, -0.1) is 0 Å². The number of sulfonamides is 1. The minimum absolute atomic E-state index is 0.0133. The molecule has 2 aromatic carbocycles. The van der Waals surface area contributed by atoms with Gasteiger partial charge in [0.05, 0.1) is 24.0 Å². The van der Waals surface area contributed by atoms with Crippen molar-refractivity contribution in [3.63, 3.8) is 0 Å². The Morgan fingerprint density at radius 3 is 2.41 bits per heavy atom. The largest absolute Gasteiger partial charge is 0.297 e. The van der Waals surface area contributed by atoms with Crippen molar-refractivity contribution in [3.05, 3.63) is 82.0 Å². The second-order valence-electron chi connectivity index (χ2n) is 7.76. The van der Waals surface area contributed by atoms with E-state index in [0.29, 0.717) is 11.0 Å². The molecule has 0 atom stereocenters. The lowest BCUT2D eigenvalue weighted by molar-refractivity contribution is 0.0868. The van der Waals surface area contributed by atoms with Gasteiger partial charge in [-0.2, -0.15) is 5.10 Å². The van der Waals surface area contributed by atoms with Crippen LogP contribution in [0.5, 0.6) is 0 Å². The maximum absolute atomic E-state index is 13.0. The molecule has 0 saturated heterocycles. The molecule has 0 N–H and O–H groups in total. The molecule has 0 spiro atoms. The highest BCUT2D eigenvalue weighted by atomic mass is 32.2. The van der Waals surface area contributed by atoms with E-state index in [9.17, 15) is 18.0 Å². The van der Waals surface area contributed by atoms with Gasteiger partial charge in [-0.3, -0.25) is 14.2 Å². The van der Waals surface area contributed by atoms with Crippen LogP contribution in [0.3, 0.4) is 0 Å². The van der Waals surface area contributed by atoms with Crippen LogP contribution in [0.15, 0.2) is 64.7 Å². The van der Waals surface area contributed by atoms with Gasteiger partial charge in [-0.25, -0.2) is 22.4 Å². The Labute approximate surface area is 183 Å². The first-order valence-corrected chi connectivity index (χ1v) is 11.4. The van der Waals surface area contributed by atoms with Crippen molar-refractivity contribution in [2.24, 2.45) is 0 Å². The van der Waals surface area contributed by atoms with E-state index in [0.717, 1.165) is 21.1 Å². The molecule has 0 fully saturated rings. The van der Waals surface area contributed by atoms with Crippen LogP contribution in [0.4, 0.5) is 0 Å². The fourth-order valence-electron chi connectivity index (χ4n) is 4.02. The zero-order chi connectivity index (χ0) is 22.6. The SMILES string of the molecule is Cc1cc(C)cc(-n2ncc3c(=O)n(CCN4C(=O)c5ccccc5S4(=O)=O)cnc32)c1. The summed E-state index contributed by atoms with van der Waals surface area (Å²) in [6.07, 6.45) is 2.80. The van der Waals surface area contributed by atoms with Gasteiger partial charge >= 0.3 is 0 Å². The van der Waals surface area contributed by atoms with Gasteiger partial charge < -0.3 is 0 Å². The van der Waals surface area contributed by atoms with Gasteiger partial charge in [0.15, 0.2) is 5.65 Å². The van der Waals surface area contributed by atoms with Crippen molar-refractivity contribution in [1.29, 1.82) is 0 Å². The summed E-state index contributed by atoms with van der Waals surface area (Å²) in [7, 11) is -3.93. The number of nitrogens with zero attached hydrogens (tertiary/aromatic N) is 5. The average Bonchev–Trinajstić information content (AvgIpc) is 3.26. The predicted molar refractivity (Wildman–Crippen MR) is 117 cm³/mol. The van der Waals surface area contributed by atoms with Crippen molar-refractivity contribution in [3.8, 4) is 5.69 Å². The Kier molecular flexibility index (Phi) is 4.48. The molecule has 2 aromatic heterocycles. The third kappa shape index (κ3) is 3.02. The number of carbonyl (C=O) groups is 1. The summed E-state index contributed by atoms with van der Waals surface area (Å²) in [4.78, 5) is 29.9. The molecule has 0 radical (unpaired) electrons. The van der Waals surface area contributed by atoms with E-state index in [4.69, 9.17) is 0 Å². The molecule has 32 heavy (non-hydrogen) atoms. The highest BCUT2D eigenvalue weighted by Crippen LogP contribution is 2.29. The number of hydrogen-bond donors (Lipinski definition) is 0. The molecule has 1 aliphatic rings. The summed E-state index contributed by atoms with van der Waals surface area (Å²) in [5.74, 6) is -0.592. The number of rotatable bonds is 4. The lowest BCUT2D eigenvalue weighted by Gasteiger charge is -2.15. The van der Waals surface area contributed by atoms with Crippen molar-refractivity contribution >= 4 is 27.0 Å². The van der Waals surface area contributed by atoms with Gasteiger partial charge in [0.25, 0.3) is 21.5 Å². The number of aromatic nitrogens is 4. The molecule has 1 amide bonds. The minimum atomic E-state index is -3.93. The van der Waals surface area contributed by atoms with E-state index in [1.165, 1.54) is 29.2 Å². The lowest BCUT2D eigenvalue weighted by atomic mass is 10.1. The fraction of sp³-hybridized carbons (Fsp3) is 0.182. The van der Waals surface area contributed by atoms with Crippen LogP contribution < -0.4 is 5.56 Å². The van der Waals surface area contributed by atoms with Gasteiger partial charge in [-0.05, 0) is 49.2 Å². The second-order valence-corrected chi connectivity index (χ2v) is 9.59. The number of aryl methyl sites for hydroxylation is 2. The van der Waals surface area contributed by atoms with E-state index < -0.39 is 15.9 Å². The second kappa shape index (κ2) is 7.13. The van der Waals surface area contributed by atoms with Crippen LogP contribution in [0.1, 0.15) is 21.5 Å². The third-order valence-electron chi connectivity index (χ3n) is 5.46. The summed E-state index contributed by atoms with van der Waals surface area (Å²) in [5.41, 5.74) is 3.13.